The van der Waals surface area contributed by atoms with Crippen molar-refractivity contribution < 1.29 is 5.11 Å². The Morgan fingerprint density at radius 3 is 2.17 bits per heavy atom. The minimum Gasteiger partial charge on any atom is -0.396 e. The van der Waals surface area contributed by atoms with Crippen LogP contribution in [0.25, 0.3) is 0 Å². The number of aliphatic hydroxyl groups is 1. The highest BCUT2D eigenvalue weighted by molar-refractivity contribution is 6.78. The molecule has 1 nitrogen and oxygen atoms in total. The highest BCUT2D eigenvalue weighted by Gasteiger charge is 2.26. The second kappa shape index (κ2) is 4.82. The molecule has 1 N–H and O–H groups in total. The van der Waals surface area contributed by atoms with Crippen LogP contribution >= 0.6 is 0 Å². The zero-order valence-corrected chi connectivity index (χ0v) is 10.0. The molecule has 0 amide bonds. The van der Waals surface area contributed by atoms with Crippen molar-refractivity contribution in [3.05, 3.63) is 11.6 Å². The number of rotatable bonds is 4. The van der Waals surface area contributed by atoms with E-state index in [4.69, 9.17) is 5.11 Å². The molecular weight excluding hydrogens is 164 g/mol. The Labute approximate surface area is 77.5 Å². The quantitative estimate of drug-likeness (QED) is 0.528. The molecule has 0 aliphatic heterocycles. The molecule has 0 heterocycles. The van der Waals surface area contributed by atoms with E-state index in [0.717, 1.165) is 6.42 Å². The lowest BCUT2D eigenvalue weighted by molar-refractivity contribution is 0.287. The SMILES string of the molecule is C/C=C(\C)[C@@H](CCO)[Si](C)(C)C. The van der Waals surface area contributed by atoms with Crippen molar-refractivity contribution in [2.75, 3.05) is 6.61 Å². The van der Waals surface area contributed by atoms with Crippen molar-refractivity contribution in [3.8, 4) is 0 Å². The molecule has 0 saturated carbocycles. The summed E-state index contributed by atoms with van der Waals surface area (Å²) in [6.45, 7) is 11.7. The van der Waals surface area contributed by atoms with Gasteiger partial charge in [0.2, 0.25) is 0 Å². The van der Waals surface area contributed by atoms with E-state index in [1.165, 1.54) is 5.57 Å². The standard InChI is InChI=1S/C10H22OSi/c1-6-9(2)10(7-8-11)12(3,4)5/h6,10-11H,7-8H2,1-5H3/b9-6+/t10-/m1/s1. The first-order valence-corrected chi connectivity index (χ1v) is 8.25. The summed E-state index contributed by atoms with van der Waals surface area (Å²) in [6, 6.07) is 0. The summed E-state index contributed by atoms with van der Waals surface area (Å²) in [7, 11) is -1.12. The third-order valence-corrected chi connectivity index (χ3v) is 5.30. The van der Waals surface area contributed by atoms with Gasteiger partial charge >= 0.3 is 0 Å². The molecule has 0 fully saturated rings. The van der Waals surface area contributed by atoms with Crippen molar-refractivity contribution in [2.24, 2.45) is 0 Å². The molecule has 0 aliphatic rings. The summed E-state index contributed by atoms with van der Waals surface area (Å²) in [5.74, 6) is 0. The van der Waals surface area contributed by atoms with Gasteiger partial charge < -0.3 is 5.11 Å². The molecule has 0 aliphatic carbocycles. The molecule has 12 heavy (non-hydrogen) atoms. The van der Waals surface area contributed by atoms with Gasteiger partial charge in [-0.3, -0.25) is 0 Å². The number of hydrogen-bond donors (Lipinski definition) is 1. The lowest BCUT2D eigenvalue weighted by Gasteiger charge is -2.29. The molecule has 72 valence electrons. The van der Waals surface area contributed by atoms with Gasteiger partial charge in [-0.25, -0.2) is 0 Å². The topological polar surface area (TPSA) is 20.2 Å². The molecule has 0 saturated heterocycles. The Morgan fingerprint density at radius 2 is 1.92 bits per heavy atom. The zero-order valence-electron chi connectivity index (χ0n) is 9.02. The predicted molar refractivity (Wildman–Crippen MR) is 58.2 cm³/mol. The monoisotopic (exact) mass is 186 g/mol. The molecule has 2 heteroatoms. The number of hydrogen-bond acceptors (Lipinski definition) is 1. The highest BCUT2D eigenvalue weighted by Crippen LogP contribution is 2.32. The largest absolute Gasteiger partial charge is 0.396 e. The van der Waals surface area contributed by atoms with Crippen LogP contribution in [0.2, 0.25) is 25.2 Å². The van der Waals surface area contributed by atoms with E-state index in [1.807, 2.05) is 0 Å². The van der Waals surface area contributed by atoms with Gasteiger partial charge in [0.15, 0.2) is 0 Å². The summed E-state index contributed by atoms with van der Waals surface area (Å²) < 4.78 is 0. The Bertz CT molecular complexity index is 156. The number of allylic oxidation sites excluding steroid dienone is 2. The average Bonchev–Trinajstić information content (AvgIpc) is 1.96. The molecule has 0 aromatic rings. The van der Waals surface area contributed by atoms with Crippen molar-refractivity contribution in [1.29, 1.82) is 0 Å². The maximum absolute atomic E-state index is 8.94. The van der Waals surface area contributed by atoms with Crippen LogP contribution in [0.1, 0.15) is 20.3 Å². The molecule has 0 bridgehead atoms. The van der Waals surface area contributed by atoms with Crippen LogP contribution in [0.3, 0.4) is 0 Å². The van der Waals surface area contributed by atoms with E-state index in [1.54, 1.807) is 0 Å². The van der Waals surface area contributed by atoms with E-state index in [-0.39, 0.29) is 0 Å². The van der Waals surface area contributed by atoms with Gasteiger partial charge in [0.1, 0.15) is 0 Å². The third kappa shape index (κ3) is 3.54. The third-order valence-electron chi connectivity index (χ3n) is 2.47. The molecule has 0 aromatic carbocycles. The summed E-state index contributed by atoms with van der Waals surface area (Å²) in [6.07, 6.45) is 3.12. The van der Waals surface area contributed by atoms with Crippen molar-refractivity contribution in [3.63, 3.8) is 0 Å². The Kier molecular flexibility index (Phi) is 4.79. The van der Waals surface area contributed by atoms with E-state index in [2.05, 4.69) is 39.6 Å². The van der Waals surface area contributed by atoms with Crippen LogP contribution in [0, 0.1) is 0 Å². The molecule has 0 radical (unpaired) electrons. The van der Waals surface area contributed by atoms with Gasteiger partial charge in [-0.05, 0) is 25.8 Å². The van der Waals surface area contributed by atoms with Crippen LogP contribution in [-0.2, 0) is 0 Å². The van der Waals surface area contributed by atoms with E-state index in [0.29, 0.717) is 12.1 Å². The smallest absolute Gasteiger partial charge is 0.0518 e. The fourth-order valence-corrected chi connectivity index (χ4v) is 4.20. The first-order valence-electron chi connectivity index (χ1n) is 4.67. The molecule has 0 unspecified atom stereocenters. The summed E-state index contributed by atoms with van der Waals surface area (Å²) in [4.78, 5) is 0. The Morgan fingerprint density at radius 1 is 1.42 bits per heavy atom. The van der Waals surface area contributed by atoms with Gasteiger partial charge in [-0.15, -0.1) is 0 Å². The second-order valence-corrected chi connectivity index (χ2v) is 9.89. The number of aliphatic hydroxyl groups excluding tert-OH is 1. The van der Waals surface area contributed by atoms with Crippen LogP contribution in [0.5, 0.6) is 0 Å². The highest BCUT2D eigenvalue weighted by atomic mass is 28.3. The van der Waals surface area contributed by atoms with E-state index < -0.39 is 8.07 Å². The molecule has 0 rings (SSSR count). The fourth-order valence-electron chi connectivity index (χ4n) is 1.67. The normalized spacial score (nSPS) is 16.3. The first-order chi connectivity index (χ1) is 5.43. The van der Waals surface area contributed by atoms with Crippen molar-refractivity contribution in [1.82, 2.24) is 0 Å². The second-order valence-electron chi connectivity index (χ2n) is 4.46. The minimum atomic E-state index is -1.12. The molecular formula is C10H22OSi. The van der Waals surface area contributed by atoms with Crippen LogP contribution in [0.15, 0.2) is 11.6 Å². The predicted octanol–water partition coefficient (Wildman–Crippen LogP) is 3.04. The average molecular weight is 186 g/mol. The van der Waals surface area contributed by atoms with E-state index in [9.17, 15) is 0 Å². The van der Waals surface area contributed by atoms with Gasteiger partial charge in [-0.2, -0.15) is 0 Å². The lowest BCUT2D eigenvalue weighted by Crippen LogP contribution is -2.29. The van der Waals surface area contributed by atoms with Crippen molar-refractivity contribution >= 4 is 8.07 Å². The first kappa shape index (κ1) is 11.9. The summed E-state index contributed by atoms with van der Waals surface area (Å²) in [5, 5.41) is 8.94. The van der Waals surface area contributed by atoms with Crippen molar-refractivity contribution in [2.45, 2.75) is 45.5 Å². The molecule has 0 spiro atoms. The van der Waals surface area contributed by atoms with Crippen LogP contribution in [0.4, 0.5) is 0 Å². The van der Waals surface area contributed by atoms with Gasteiger partial charge in [0.05, 0.1) is 8.07 Å². The maximum Gasteiger partial charge on any atom is 0.0518 e. The lowest BCUT2D eigenvalue weighted by atomic mass is 10.1. The van der Waals surface area contributed by atoms with Gasteiger partial charge in [0.25, 0.3) is 0 Å². The molecule has 0 aromatic heterocycles. The molecule has 1 atom stereocenters. The van der Waals surface area contributed by atoms with Crippen LogP contribution in [-0.4, -0.2) is 19.8 Å². The van der Waals surface area contributed by atoms with Gasteiger partial charge in [0, 0.05) is 6.61 Å². The summed E-state index contributed by atoms with van der Waals surface area (Å²) in [5.41, 5.74) is 2.09. The minimum absolute atomic E-state index is 0.320. The Balaban J connectivity index is 4.44. The van der Waals surface area contributed by atoms with E-state index >= 15 is 0 Å². The summed E-state index contributed by atoms with van der Waals surface area (Å²) >= 11 is 0. The Hall–Kier alpha value is -0.0831. The fraction of sp³-hybridized carbons (Fsp3) is 0.800. The maximum atomic E-state index is 8.94. The van der Waals surface area contributed by atoms with Crippen LogP contribution < -0.4 is 0 Å². The van der Waals surface area contributed by atoms with Gasteiger partial charge in [-0.1, -0.05) is 31.3 Å². The zero-order chi connectivity index (χ0) is 9.78.